The molecular weight excluding hydrogens is 241 g/mol. The average Bonchev–Trinajstić information content (AvgIpc) is 2.64. The molecule has 3 rings (SSSR count). The lowest BCUT2D eigenvalue weighted by atomic mass is 9.92. The minimum absolute atomic E-state index is 0.161. The van der Waals surface area contributed by atoms with Gasteiger partial charge in [0, 0.05) is 24.3 Å². The summed E-state index contributed by atoms with van der Waals surface area (Å²) in [6, 6.07) is 8.37. The second kappa shape index (κ2) is 5.59. The van der Waals surface area contributed by atoms with Gasteiger partial charge in [-0.05, 0) is 44.7 Å². The summed E-state index contributed by atoms with van der Waals surface area (Å²) in [6.07, 6.45) is 5.16. The van der Waals surface area contributed by atoms with Crippen molar-refractivity contribution in [2.24, 2.45) is 5.92 Å². The van der Waals surface area contributed by atoms with Crippen LogP contribution in [0.3, 0.4) is 0 Å². The van der Waals surface area contributed by atoms with Gasteiger partial charge in [0.05, 0.1) is 6.61 Å². The van der Waals surface area contributed by atoms with Gasteiger partial charge in [-0.2, -0.15) is 0 Å². The second-order valence-electron chi connectivity index (χ2n) is 5.99. The quantitative estimate of drug-likeness (QED) is 0.827. The number of fused-ring (bicyclic) bond motifs is 2. The summed E-state index contributed by atoms with van der Waals surface area (Å²) in [7, 11) is 2.25. The fourth-order valence-corrected chi connectivity index (χ4v) is 3.61. The number of hydrogen-bond acceptors (Lipinski definition) is 2. The van der Waals surface area contributed by atoms with E-state index < -0.39 is 0 Å². The normalized spacial score (nSPS) is 30.7. The molecule has 0 aliphatic carbocycles. The highest BCUT2D eigenvalue weighted by Crippen LogP contribution is 2.37. The van der Waals surface area contributed by atoms with Gasteiger partial charge in [-0.15, -0.1) is 0 Å². The van der Waals surface area contributed by atoms with Gasteiger partial charge >= 0.3 is 0 Å². The minimum atomic E-state index is -0.161. The van der Waals surface area contributed by atoms with Gasteiger partial charge < -0.3 is 9.64 Å². The Morgan fingerprint density at radius 2 is 1.89 bits per heavy atom. The van der Waals surface area contributed by atoms with Crippen LogP contribution >= 0.6 is 0 Å². The summed E-state index contributed by atoms with van der Waals surface area (Å²) < 4.78 is 19.2. The van der Waals surface area contributed by atoms with Crippen LogP contribution in [0.2, 0.25) is 0 Å². The third-order valence-electron chi connectivity index (χ3n) is 4.76. The van der Waals surface area contributed by atoms with Crippen molar-refractivity contribution >= 4 is 0 Å². The van der Waals surface area contributed by atoms with Crippen molar-refractivity contribution in [1.29, 1.82) is 0 Å². The van der Waals surface area contributed by atoms with Crippen molar-refractivity contribution in [1.82, 2.24) is 4.90 Å². The van der Waals surface area contributed by atoms with E-state index in [-0.39, 0.29) is 5.82 Å². The Labute approximate surface area is 114 Å². The van der Waals surface area contributed by atoms with Crippen molar-refractivity contribution in [3.63, 3.8) is 0 Å². The average molecular weight is 263 g/mol. The van der Waals surface area contributed by atoms with E-state index in [4.69, 9.17) is 4.74 Å². The zero-order chi connectivity index (χ0) is 13.2. The van der Waals surface area contributed by atoms with E-state index in [1.54, 1.807) is 12.1 Å². The molecule has 0 N–H and O–H groups in total. The van der Waals surface area contributed by atoms with E-state index in [2.05, 4.69) is 11.9 Å². The molecule has 3 heteroatoms. The number of halogens is 1. The number of rotatable bonds is 4. The fraction of sp³-hybridized carbons (Fsp3) is 0.625. The van der Waals surface area contributed by atoms with Crippen LogP contribution in [0.5, 0.6) is 0 Å². The molecule has 1 aromatic carbocycles. The molecule has 0 unspecified atom stereocenters. The first-order valence-electron chi connectivity index (χ1n) is 7.27. The molecule has 0 saturated carbocycles. The van der Waals surface area contributed by atoms with Crippen LogP contribution in [0.1, 0.15) is 31.2 Å². The maximum absolute atomic E-state index is 13.5. The third kappa shape index (κ3) is 2.82. The van der Waals surface area contributed by atoms with Gasteiger partial charge in [-0.1, -0.05) is 18.2 Å². The van der Waals surface area contributed by atoms with E-state index >= 15 is 0 Å². The molecule has 1 aromatic rings. The molecule has 104 valence electrons. The Morgan fingerprint density at radius 1 is 1.21 bits per heavy atom. The standard InChI is InChI=1S/C16H22FNO/c1-18-14-6-7-15(18)9-12(8-14)10-19-11-13-4-2-3-5-16(13)17/h2-5,12,14-15H,6-11H2,1H3/t12-,14+,15-. The van der Waals surface area contributed by atoms with Gasteiger partial charge in [-0.25, -0.2) is 4.39 Å². The van der Waals surface area contributed by atoms with Gasteiger partial charge in [-0.3, -0.25) is 0 Å². The highest BCUT2D eigenvalue weighted by Gasteiger charge is 2.38. The molecule has 0 amide bonds. The predicted molar refractivity (Wildman–Crippen MR) is 73.4 cm³/mol. The minimum Gasteiger partial charge on any atom is -0.376 e. The fourth-order valence-electron chi connectivity index (χ4n) is 3.61. The molecule has 0 spiro atoms. The maximum atomic E-state index is 13.5. The molecule has 0 aromatic heterocycles. The summed E-state index contributed by atoms with van der Waals surface area (Å²) in [6.45, 7) is 1.17. The highest BCUT2D eigenvalue weighted by molar-refractivity contribution is 5.16. The van der Waals surface area contributed by atoms with Crippen LogP contribution in [0, 0.1) is 11.7 Å². The number of piperidine rings is 1. The highest BCUT2D eigenvalue weighted by atomic mass is 19.1. The number of benzene rings is 1. The van der Waals surface area contributed by atoms with Crippen LogP contribution in [-0.2, 0) is 11.3 Å². The van der Waals surface area contributed by atoms with Crippen LogP contribution in [0.4, 0.5) is 4.39 Å². The lowest BCUT2D eigenvalue weighted by molar-refractivity contribution is 0.0396. The second-order valence-corrected chi connectivity index (χ2v) is 5.99. The van der Waals surface area contributed by atoms with Crippen molar-refractivity contribution in [2.75, 3.05) is 13.7 Å². The van der Waals surface area contributed by atoms with E-state index in [0.717, 1.165) is 18.7 Å². The van der Waals surface area contributed by atoms with E-state index in [1.165, 1.54) is 31.7 Å². The monoisotopic (exact) mass is 263 g/mol. The van der Waals surface area contributed by atoms with E-state index in [0.29, 0.717) is 18.1 Å². The summed E-state index contributed by atoms with van der Waals surface area (Å²) >= 11 is 0. The van der Waals surface area contributed by atoms with Crippen molar-refractivity contribution < 1.29 is 9.13 Å². The van der Waals surface area contributed by atoms with Crippen LogP contribution in [0.25, 0.3) is 0 Å². The SMILES string of the molecule is CN1[C@@H]2CC[C@H]1C[C@@H](COCc1ccccc1F)C2. The first-order valence-corrected chi connectivity index (χ1v) is 7.27. The summed E-state index contributed by atoms with van der Waals surface area (Å²) in [4.78, 5) is 2.54. The molecule has 2 nitrogen and oxygen atoms in total. The lowest BCUT2D eigenvalue weighted by Gasteiger charge is -2.36. The zero-order valence-corrected chi connectivity index (χ0v) is 11.5. The first-order chi connectivity index (χ1) is 9.24. The number of hydrogen-bond donors (Lipinski definition) is 0. The zero-order valence-electron chi connectivity index (χ0n) is 11.5. The predicted octanol–water partition coefficient (Wildman–Crippen LogP) is 3.22. The Bertz CT molecular complexity index is 423. The van der Waals surface area contributed by atoms with Crippen molar-refractivity contribution in [2.45, 2.75) is 44.4 Å². The molecule has 19 heavy (non-hydrogen) atoms. The van der Waals surface area contributed by atoms with Gasteiger partial charge in [0.25, 0.3) is 0 Å². The topological polar surface area (TPSA) is 12.5 Å². The summed E-state index contributed by atoms with van der Waals surface area (Å²) in [5.74, 6) is 0.492. The maximum Gasteiger partial charge on any atom is 0.128 e. The number of ether oxygens (including phenoxy) is 1. The van der Waals surface area contributed by atoms with E-state index in [1.807, 2.05) is 6.07 Å². The third-order valence-corrected chi connectivity index (χ3v) is 4.76. The number of nitrogens with zero attached hydrogens (tertiary/aromatic N) is 1. The molecule has 2 aliphatic rings. The molecule has 0 radical (unpaired) electrons. The lowest BCUT2D eigenvalue weighted by Crippen LogP contribution is -2.41. The largest absolute Gasteiger partial charge is 0.376 e. The molecule has 2 bridgehead atoms. The first kappa shape index (κ1) is 13.1. The Morgan fingerprint density at radius 3 is 2.58 bits per heavy atom. The van der Waals surface area contributed by atoms with Gasteiger partial charge in [0.1, 0.15) is 5.82 Å². The van der Waals surface area contributed by atoms with Crippen LogP contribution in [0.15, 0.2) is 24.3 Å². The Kier molecular flexibility index (Phi) is 3.85. The van der Waals surface area contributed by atoms with Crippen molar-refractivity contribution in [3.8, 4) is 0 Å². The smallest absolute Gasteiger partial charge is 0.128 e. The molecule has 2 heterocycles. The van der Waals surface area contributed by atoms with Gasteiger partial charge in [0.15, 0.2) is 0 Å². The summed E-state index contributed by atoms with van der Waals surface area (Å²) in [5.41, 5.74) is 0.665. The van der Waals surface area contributed by atoms with Crippen LogP contribution in [-0.4, -0.2) is 30.6 Å². The molecule has 2 saturated heterocycles. The Balaban J connectivity index is 1.48. The van der Waals surface area contributed by atoms with E-state index in [9.17, 15) is 4.39 Å². The summed E-state index contributed by atoms with van der Waals surface area (Å²) in [5, 5.41) is 0. The van der Waals surface area contributed by atoms with Gasteiger partial charge in [0.2, 0.25) is 0 Å². The molecule has 2 aliphatic heterocycles. The molecular formula is C16H22FNO. The molecule has 2 fully saturated rings. The molecule has 3 atom stereocenters. The van der Waals surface area contributed by atoms with Crippen molar-refractivity contribution in [3.05, 3.63) is 35.6 Å². The Hall–Kier alpha value is -0.930. The van der Waals surface area contributed by atoms with Crippen LogP contribution < -0.4 is 0 Å².